The number of hydrogen-bond donors (Lipinski definition) is 1. The van der Waals surface area contributed by atoms with Crippen molar-refractivity contribution in [3.8, 4) is 22.9 Å². The lowest BCUT2D eigenvalue weighted by Crippen LogP contribution is -2.12. The number of rotatable bonds is 10. The maximum atomic E-state index is 10.7. The molecule has 10 heteroatoms. The highest BCUT2D eigenvalue weighted by Gasteiger charge is 2.16. The van der Waals surface area contributed by atoms with Crippen molar-refractivity contribution >= 4 is 39.4 Å². The zero-order chi connectivity index (χ0) is 24.2. The molecule has 0 radical (unpaired) electrons. The Morgan fingerprint density at radius 1 is 1.24 bits per heavy atom. The van der Waals surface area contributed by atoms with E-state index in [2.05, 4.69) is 42.5 Å². The van der Waals surface area contributed by atoms with Gasteiger partial charge in [-0.05, 0) is 43.9 Å². The number of ether oxygens (including phenoxy) is 2. The second-order valence-electron chi connectivity index (χ2n) is 8.34. The third kappa shape index (κ3) is 5.22. The number of pyridine rings is 1. The van der Waals surface area contributed by atoms with Gasteiger partial charge in [0.2, 0.25) is 11.8 Å². The molecule has 2 N–H and O–H groups in total. The second-order valence-corrected chi connectivity index (χ2v) is 9.26. The molecule has 0 saturated carbocycles. The molecule has 0 fully saturated rings. The molecule has 0 aliphatic carbocycles. The van der Waals surface area contributed by atoms with Crippen molar-refractivity contribution in [2.75, 3.05) is 12.3 Å². The number of halogens is 1. The van der Waals surface area contributed by atoms with Crippen LogP contribution >= 0.6 is 15.9 Å². The smallest absolute Gasteiger partial charge is 0.298 e. The molecule has 9 nitrogen and oxygen atoms in total. The van der Waals surface area contributed by atoms with Crippen molar-refractivity contribution in [3.05, 3.63) is 46.7 Å². The van der Waals surface area contributed by atoms with E-state index in [1.807, 2.05) is 32.2 Å². The van der Waals surface area contributed by atoms with Crippen molar-refractivity contribution in [1.29, 1.82) is 0 Å². The number of fused-ring (bicyclic) bond motifs is 1. The maximum Gasteiger partial charge on any atom is 0.298 e. The Labute approximate surface area is 206 Å². The van der Waals surface area contributed by atoms with E-state index in [0.717, 1.165) is 46.1 Å². The van der Waals surface area contributed by atoms with Gasteiger partial charge in [0, 0.05) is 35.9 Å². The van der Waals surface area contributed by atoms with Crippen molar-refractivity contribution in [2.24, 2.45) is 13.0 Å². The zero-order valence-corrected chi connectivity index (χ0v) is 20.9. The molecule has 0 aliphatic heterocycles. The summed E-state index contributed by atoms with van der Waals surface area (Å²) in [4.78, 5) is 19.7. The predicted octanol–water partition coefficient (Wildman–Crippen LogP) is 4.52. The Morgan fingerprint density at radius 3 is 2.85 bits per heavy atom. The lowest BCUT2D eigenvalue weighted by Gasteiger charge is -2.15. The van der Waals surface area contributed by atoms with Gasteiger partial charge in [-0.1, -0.05) is 22.9 Å². The summed E-state index contributed by atoms with van der Waals surface area (Å²) in [7, 11) is 1.82. The van der Waals surface area contributed by atoms with E-state index in [9.17, 15) is 4.79 Å². The Kier molecular flexibility index (Phi) is 7.16. The number of anilines is 1. The molecule has 3 aromatic heterocycles. The molecule has 1 atom stereocenters. The summed E-state index contributed by atoms with van der Waals surface area (Å²) in [6.45, 7) is 5.76. The Bertz CT molecular complexity index is 1320. The molecule has 4 rings (SSSR count). The van der Waals surface area contributed by atoms with Gasteiger partial charge < -0.3 is 19.8 Å². The van der Waals surface area contributed by atoms with Gasteiger partial charge in [0.15, 0.2) is 0 Å². The van der Waals surface area contributed by atoms with Crippen LogP contribution in [0.15, 0.2) is 41.0 Å². The van der Waals surface area contributed by atoms with Crippen molar-refractivity contribution in [2.45, 2.75) is 33.2 Å². The highest BCUT2D eigenvalue weighted by Crippen LogP contribution is 2.31. The van der Waals surface area contributed by atoms with E-state index in [1.165, 1.54) is 0 Å². The summed E-state index contributed by atoms with van der Waals surface area (Å²) < 4.78 is 15.8. The number of carbonyl (C=O) groups excluding carboxylic acids is 1. The fourth-order valence-electron chi connectivity index (χ4n) is 3.98. The van der Waals surface area contributed by atoms with Crippen LogP contribution in [0.5, 0.6) is 11.6 Å². The lowest BCUT2D eigenvalue weighted by molar-refractivity contribution is -0.120. The number of carbonyl (C=O) groups is 1. The third-order valence-electron chi connectivity index (χ3n) is 5.59. The van der Waals surface area contributed by atoms with E-state index in [-0.39, 0.29) is 0 Å². The van der Waals surface area contributed by atoms with Crippen LogP contribution in [0, 0.1) is 12.8 Å². The van der Waals surface area contributed by atoms with Gasteiger partial charge >= 0.3 is 0 Å². The SMILES string of the molecule is Cc1cc(OC=O)cc(-c2cnn(C)c2OCCC[C@@H](C)Cn2c(N)nc3ccc(Br)cc32)n1. The number of nitrogen functional groups attached to an aromatic ring is 1. The first-order chi connectivity index (χ1) is 16.4. The maximum absolute atomic E-state index is 10.7. The summed E-state index contributed by atoms with van der Waals surface area (Å²) in [5.41, 5.74) is 10.2. The van der Waals surface area contributed by atoms with Crippen LogP contribution in [0.25, 0.3) is 22.3 Å². The fourth-order valence-corrected chi connectivity index (χ4v) is 4.33. The highest BCUT2D eigenvalue weighted by molar-refractivity contribution is 9.10. The third-order valence-corrected chi connectivity index (χ3v) is 6.08. The van der Waals surface area contributed by atoms with Crippen molar-refractivity contribution < 1.29 is 14.3 Å². The van der Waals surface area contributed by atoms with E-state index in [0.29, 0.717) is 42.3 Å². The van der Waals surface area contributed by atoms with E-state index >= 15 is 0 Å². The van der Waals surface area contributed by atoms with Crippen LogP contribution in [0.3, 0.4) is 0 Å². The van der Waals surface area contributed by atoms with Crippen LogP contribution < -0.4 is 15.2 Å². The van der Waals surface area contributed by atoms with Gasteiger partial charge in [-0.3, -0.25) is 9.78 Å². The van der Waals surface area contributed by atoms with Gasteiger partial charge in [0.1, 0.15) is 5.75 Å². The highest BCUT2D eigenvalue weighted by atomic mass is 79.9. The van der Waals surface area contributed by atoms with Gasteiger partial charge in [0.05, 0.1) is 35.1 Å². The summed E-state index contributed by atoms with van der Waals surface area (Å²) in [6.07, 6.45) is 3.53. The second kappa shape index (κ2) is 10.3. The minimum Gasteiger partial charge on any atom is -0.477 e. The number of nitrogens with two attached hydrogens (primary N) is 1. The topological polar surface area (TPSA) is 110 Å². The van der Waals surface area contributed by atoms with E-state index in [4.69, 9.17) is 15.2 Å². The predicted molar refractivity (Wildman–Crippen MR) is 134 cm³/mol. The minimum atomic E-state index is 0.384. The number of hydrogen-bond acceptors (Lipinski definition) is 7. The summed E-state index contributed by atoms with van der Waals surface area (Å²) in [5.74, 6) is 1.96. The monoisotopic (exact) mass is 526 g/mol. The first-order valence-electron chi connectivity index (χ1n) is 11.0. The standard InChI is InChI=1S/C24H27BrN6O3/c1-15(13-31-22-10-17(25)6-7-20(22)29-24(31)26)5-4-8-33-23-19(12-27-30(23)3)21-11-18(34-14-32)9-16(2)28-21/h6-7,9-12,14-15H,4-5,8,13H2,1-3H3,(H2,26,29)/t15-/m1/s1. The molecule has 0 saturated heterocycles. The Morgan fingerprint density at radius 2 is 2.06 bits per heavy atom. The summed E-state index contributed by atoms with van der Waals surface area (Å²) in [6, 6.07) is 9.38. The normalized spacial score (nSPS) is 12.1. The molecule has 0 spiro atoms. The average Bonchev–Trinajstić information content (AvgIpc) is 3.30. The molecule has 4 aromatic rings. The van der Waals surface area contributed by atoms with E-state index < -0.39 is 0 Å². The van der Waals surface area contributed by atoms with Crippen LogP contribution in [0.1, 0.15) is 25.5 Å². The minimum absolute atomic E-state index is 0.384. The van der Waals surface area contributed by atoms with Gasteiger partial charge in [0.25, 0.3) is 6.47 Å². The van der Waals surface area contributed by atoms with Crippen LogP contribution in [-0.4, -0.2) is 37.4 Å². The van der Waals surface area contributed by atoms with Crippen LogP contribution in [-0.2, 0) is 18.4 Å². The van der Waals surface area contributed by atoms with Gasteiger partial charge in [-0.15, -0.1) is 0 Å². The quantitative estimate of drug-likeness (QED) is 0.239. The average molecular weight is 527 g/mol. The zero-order valence-electron chi connectivity index (χ0n) is 19.4. The fraction of sp³-hybridized carbons (Fsp3) is 0.333. The number of benzene rings is 1. The molecule has 0 amide bonds. The number of aromatic nitrogens is 5. The molecule has 0 aliphatic rings. The van der Waals surface area contributed by atoms with Crippen LogP contribution in [0.4, 0.5) is 5.95 Å². The molecular formula is C24H27BrN6O3. The number of nitrogens with zero attached hydrogens (tertiary/aromatic N) is 5. The number of aryl methyl sites for hydroxylation is 2. The Balaban J connectivity index is 1.38. The van der Waals surface area contributed by atoms with Gasteiger partial charge in [-0.25, -0.2) is 9.67 Å². The largest absolute Gasteiger partial charge is 0.477 e. The molecule has 1 aromatic carbocycles. The summed E-state index contributed by atoms with van der Waals surface area (Å²) >= 11 is 3.52. The van der Waals surface area contributed by atoms with Gasteiger partial charge in [-0.2, -0.15) is 5.10 Å². The summed E-state index contributed by atoms with van der Waals surface area (Å²) in [5, 5.41) is 4.32. The molecule has 34 heavy (non-hydrogen) atoms. The Hall–Kier alpha value is -3.40. The first-order valence-corrected chi connectivity index (χ1v) is 11.8. The molecule has 0 bridgehead atoms. The van der Waals surface area contributed by atoms with E-state index in [1.54, 1.807) is 23.0 Å². The first kappa shape index (κ1) is 23.7. The molecule has 3 heterocycles. The van der Waals surface area contributed by atoms with Crippen molar-refractivity contribution in [1.82, 2.24) is 24.3 Å². The van der Waals surface area contributed by atoms with Crippen molar-refractivity contribution in [3.63, 3.8) is 0 Å². The lowest BCUT2D eigenvalue weighted by atomic mass is 10.1. The number of imidazole rings is 1. The molecular weight excluding hydrogens is 500 g/mol. The van der Waals surface area contributed by atoms with Crippen LogP contribution in [0.2, 0.25) is 0 Å². The molecule has 0 unspecified atom stereocenters. The molecule has 178 valence electrons.